The van der Waals surface area contributed by atoms with Crippen LogP contribution in [0.25, 0.3) is 33.2 Å². The molecule has 2 aliphatic carbocycles. The number of primary amides is 1. The summed E-state index contributed by atoms with van der Waals surface area (Å²) >= 11 is 1.75. The molecule has 0 bridgehead atoms. The smallest absolute Gasteiger partial charge is 0.276 e. The van der Waals surface area contributed by atoms with Crippen molar-refractivity contribution in [2.45, 2.75) is 44.0 Å². The maximum Gasteiger partial charge on any atom is 0.276 e. The molecule has 274 valence electrons. The van der Waals surface area contributed by atoms with Crippen LogP contribution in [0.3, 0.4) is 0 Å². The van der Waals surface area contributed by atoms with E-state index in [1.807, 2.05) is 48.5 Å². The molecule has 0 radical (unpaired) electrons. The van der Waals surface area contributed by atoms with E-state index in [9.17, 15) is 23.2 Å². The first-order valence-electron chi connectivity index (χ1n) is 17.8. The van der Waals surface area contributed by atoms with Gasteiger partial charge >= 0.3 is 0 Å². The molecule has 3 aliphatic rings. The fourth-order valence-electron chi connectivity index (χ4n) is 7.08. The molecule has 8 nitrogen and oxygen atoms in total. The molecule has 4 aromatic carbocycles. The Kier molecular flexibility index (Phi) is 11.2. The third-order valence-electron chi connectivity index (χ3n) is 9.79. The Bertz CT molecular complexity index is 2390. The standard InChI is InChI=1S/C37H31NO3S.C7H9NO3S/c39-37(24-41-23-25-7-2-1-3-8-25)38(40)30-11-6-10-28(22-30)35-19-20-36(42-35)29-15-16-32-27(21-29)14-18-33-31-12-5-4-9-26(31)13-17-34(32)33;8-7(9)5-6-3-1-2-4-12(6,10)11/h1-12,14,18-22,40H,13,15-17,23-24H2;1-4,6H,5H2,(H2,8,9). The Morgan fingerprint density at radius 2 is 1.59 bits per heavy atom. The van der Waals surface area contributed by atoms with Crippen LogP contribution in [0.2, 0.25) is 0 Å². The minimum absolute atomic E-state index is 0.150. The molecule has 2 heterocycles. The maximum absolute atomic E-state index is 12.6. The predicted molar refractivity (Wildman–Crippen MR) is 215 cm³/mol. The molecule has 8 rings (SSSR count). The maximum atomic E-state index is 12.6. The van der Waals surface area contributed by atoms with Crippen molar-refractivity contribution in [3.63, 3.8) is 0 Å². The van der Waals surface area contributed by atoms with Gasteiger partial charge < -0.3 is 10.5 Å². The number of hydrogen-bond donors (Lipinski definition) is 2. The highest BCUT2D eigenvalue weighted by Crippen LogP contribution is 2.42. The number of nitrogens with zero attached hydrogens (tertiary/aromatic N) is 1. The van der Waals surface area contributed by atoms with Crippen LogP contribution >= 0.6 is 11.3 Å². The van der Waals surface area contributed by atoms with Crippen molar-refractivity contribution in [1.82, 2.24) is 0 Å². The van der Waals surface area contributed by atoms with Crippen molar-refractivity contribution in [3.8, 4) is 21.6 Å². The van der Waals surface area contributed by atoms with Gasteiger partial charge in [0.2, 0.25) is 5.91 Å². The van der Waals surface area contributed by atoms with Crippen molar-refractivity contribution in [2.24, 2.45) is 5.73 Å². The molecule has 0 fully saturated rings. The van der Waals surface area contributed by atoms with Crippen LogP contribution in [0, 0.1) is 0 Å². The van der Waals surface area contributed by atoms with Crippen LogP contribution in [0.1, 0.15) is 45.5 Å². The number of carbonyl (C=O) groups excluding carboxylic acids is 2. The van der Waals surface area contributed by atoms with Crippen molar-refractivity contribution in [2.75, 3.05) is 11.7 Å². The molecular weight excluding hydrogens is 717 g/mol. The molecule has 54 heavy (non-hydrogen) atoms. The largest absolute Gasteiger partial charge is 0.370 e. The average molecular weight is 757 g/mol. The van der Waals surface area contributed by atoms with E-state index in [1.54, 1.807) is 23.5 Å². The van der Waals surface area contributed by atoms with Gasteiger partial charge in [-0.2, -0.15) is 5.06 Å². The number of ether oxygens (including phenoxy) is 1. The first kappa shape index (κ1) is 36.9. The number of fused-ring (bicyclic) bond motifs is 5. The lowest BCUT2D eigenvalue weighted by Crippen LogP contribution is -2.30. The Morgan fingerprint density at radius 3 is 2.41 bits per heavy atom. The Hall–Kier alpha value is -5.39. The number of benzene rings is 4. The van der Waals surface area contributed by atoms with E-state index in [1.165, 1.54) is 56.0 Å². The summed E-state index contributed by atoms with van der Waals surface area (Å²) in [7, 11) is -3.29. The van der Waals surface area contributed by atoms with E-state index in [-0.39, 0.29) is 13.0 Å². The fourth-order valence-corrected chi connectivity index (χ4v) is 9.35. The monoisotopic (exact) mass is 756 g/mol. The SMILES string of the molecule is NC(=O)CC1C=CC=CS1(=O)=O.O=C(COCc1ccccc1)N(O)c1cccc(-c2ccc(C3=Cc4ccc5c(c4CC3)CCc3ccccc3-5)s2)c1. The number of amides is 2. The molecule has 2 amide bonds. The zero-order valence-corrected chi connectivity index (χ0v) is 31.2. The van der Waals surface area contributed by atoms with Crippen LogP contribution in [-0.4, -0.2) is 37.3 Å². The molecule has 3 N–H and O–H groups in total. The van der Waals surface area contributed by atoms with E-state index in [2.05, 4.69) is 54.6 Å². The topological polar surface area (TPSA) is 127 Å². The third-order valence-corrected chi connectivity index (χ3v) is 12.7. The van der Waals surface area contributed by atoms with Gasteiger partial charge in [-0.05, 0) is 100 Å². The number of allylic oxidation sites excluding steroid dienone is 3. The molecule has 1 aliphatic heterocycles. The lowest BCUT2D eigenvalue weighted by atomic mass is 9.78. The Balaban J connectivity index is 0.000000321. The normalized spacial score (nSPS) is 16.2. The molecule has 1 atom stereocenters. The van der Waals surface area contributed by atoms with Crippen molar-refractivity contribution >= 4 is 50.3 Å². The number of hydrogen-bond acceptors (Lipinski definition) is 7. The number of nitrogens with two attached hydrogens (primary N) is 1. The van der Waals surface area contributed by atoms with Gasteiger partial charge in [0.25, 0.3) is 5.91 Å². The molecule has 0 spiro atoms. The first-order chi connectivity index (χ1) is 26.2. The number of hydroxylamine groups is 1. The minimum Gasteiger partial charge on any atom is -0.370 e. The van der Waals surface area contributed by atoms with Crippen LogP contribution in [0.4, 0.5) is 5.69 Å². The quantitative estimate of drug-likeness (QED) is 0.115. The second-order valence-electron chi connectivity index (χ2n) is 13.4. The van der Waals surface area contributed by atoms with Crippen LogP contribution < -0.4 is 10.8 Å². The number of thiophene rings is 1. The molecule has 1 aromatic heterocycles. The summed E-state index contributed by atoms with van der Waals surface area (Å²) in [6, 6.07) is 34.9. The van der Waals surface area contributed by atoms with Crippen LogP contribution in [-0.2, 0) is 50.0 Å². The van der Waals surface area contributed by atoms with Gasteiger partial charge in [0.05, 0.1) is 17.5 Å². The number of anilines is 1. The molecule has 5 aromatic rings. The number of sulfone groups is 1. The molecule has 1 unspecified atom stereocenters. The Labute approximate surface area is 319 Å². The van der Waals surface area contributed by atoms with Gasteiger partial charge in [-0.1, -0.05) is 103 Å². The van der Waals surface area contributed by atoms with Crippen LogP contribution in [0.15, 0.2) is 127 Å². The minimum atomic E-state index is -3.29. The summed E-state index contributed by atoms with van der Waals surface area (Å²) in [6.45, 7) is 0.110. The van der Waals surface area contributed by atoms with Gasteiger partial charge in [-0.3, -0.25) is 14.8 Å². The molecule has 0 saturated heterocycles. The first-order valence-corrected chi connectivity index (χ1v) is 20.2. The van der Waals surface area contributed by atoms with E-state index in [0.29, 0.717) is 17.4 Å². The molecular formula is C44H40N2O6S2. The summed E-state index contributed by atoms with van der Waals surface area (Å²) in [6.07, 6.45) is 11.0. The van der Waals surface area contributed by atoms with Crippen molar-refractivity contribution in [3.05, 3.63) is 159 Å². The average Bonchev–Trinajstić information content (AvgIpc) is 3.69. The van der Waals surface area contributed by atoms with Gasteiger partial charge in [0.15, 0.2) is 9.84 Å². The van der Waals surface area contributed by atoms with Gasteiger partial charge in [0.1, 0.15) is 6.61 Å². The van der Waals surface area contributed by atoms with E-state index >= 15 is 0 Å². The zero-order chi connectivity index (χ0) is 37.7. The number of rotatable bonds is 9. The highest BCUT2D eigenvalue weighted by atomic mass is 32.2. The lowest BCUT2D eigenvalue weighted by Gasteiger charge is -2.26. The highest BCUT2D eigenvalue weighted by molar-refractivity contribution is 7.95. The molecule has 0 saturated carbocycles. The van der Waals surface area contributed by atoms with Crippen molar-refractivity contribution < 1.29 is 28.0 Å². The number of carbonyl (C=O) groups is 2. The Morgan fingerprint density at radius 1 is 0.815 bits per heavy atom. The van der Waals surface area contributed by atoms with E-state index < -0.39 is 26.9 Å². The highest BCUT2D eigenvalue weighted by Gasteiger charge is 2.24. The van der Waals surface area contributed by atoms with Crippen LogP contribution in [0.5, 0.6) is 0 Å². The van der Waals surface area contributed by atoms with Gasteiger partial charge in [0, 0.05) is 21.6 Å². The second-order valence-corrected chi connectivity index (χ2v) is 16.5. The van der Waals surface area contributed by atoms with E-state index in [0.717, 1.165) is 47.1 Å². The number of aryl methyl sites for hydroxylation is 1. The lowest BCUT2D eigenvalue weighted by molar-refractivity contribution is -0.128. The second kappa shape index (κ2) is 16.3. The van der Waals surface area contributed by atoms with Gasteiger partial charge in [-0.25, -0.2) is 8.42 Å². The predicted octanol–water partition coefficient (Wildman–Crippen LogP) is 8.34. The summed E-state index contributed by atoms with van der Waals surface area (Å²) in [5, 5.41) is 11.6. The van der Waals surface area contributed by atoms with E-state index in [4.69, 9.17) is 10.5 Å². The van der Waals surface area contributed by atoms with Crippen molar-refractivity contribution in [1.29, 1.82) is 0 Å². The summed E-state index contributed by atoms with van der Waals surface area (Å²) in [4.78, 5) is 25.4. The zero-order valence-electron chi connectivity index (χ0n) is 29.6. The third kappa shape index (κ3) is 8.37. The summed E-state index contributed by atoms with van der Waals surface area (Å²) in [5.41, 5.74) is 17.2. The van der Waals surface area contributed by atoms with Gasteiger partial charge in [-0.15, -0.1) is 11.3 Å². The fraction of sp³-hybridized carbons (Fsp3) is 0.182. The summed E-state index contributed by atoms with van der Waals surface area (Å²) < 4.78 is 27.9. The summed E-state index contributed by atoms with van der Waals surface area (Å²) in [5.74, 6) is -1.12. The molecule has 10 heteroatoms.